The number of urea groups is 1. The molecule has 7 N–H and O–H groups in total. The van der Waals surface area contributed by atoms with E-state index in [1.165, 1.54) is 28.2 Å². The van der Waals surface area contributed by atoms with Crippen molar-refractivity contribution >= 4 is 35.4 Å². The Labute approximate surface area is 308 Å². The molecule has 4 rings (SSSR count). The zero-order valence-corrected chi connectivity index (χ0v) is 30.3. The van der Waals surface area contributed by atoms with E-state index in [0.717, 1.165) is 32.1 Å². The van der Waals surface area contributed by atoms with Crippen LogP contribution in [0.1, 0.15) is 100 Å². The van der Waals surface area contributed by atoms with Gasteiger partial charge in [0.15, 0.2) is 0 Å². The van der Waals surface area contributed by atoms with E-state index in [1.807, 2.05) is 0 Å². The Hall–Kier alpha value is -5.37. The van der Waals surface area contributed by atoms with Crippen molar-refractivity contribution in [3.8, 4) is 12.3 Å². The Bertz CT molecular complexity index is 1650. The first-order valence-electron chi connectivity index (χ1n) is 18.0. The van der Waals surface area contributed by atoms with Crippen LogP contribution in [-0.4, -0.2) is 103 Å². The molecule has 4 atom stereocenters. The summed E-state index contributed by atoms with van der Waals surface area (Å²) in [5, 5.41) is 29.7. The number of nitrogens with one attached hydrogen (secondary N) is 4. The summed E-state index contributed by atoms with van der Waals surface area (Å²) >= 11 is 0. The molecule has 17 heteroatoms. The van der Waals surface area contributed by atoms with E-state index < -0.39 is 65.2 Å². The second-order valence-electron chi connectivity index (χ2n) is 14.1. The molecule has 2 unspecified atom stereocenters. The van der Waals surface area contributed by atoms with Gasteiger partial charge in [-0.1, -0.05) is 43.2 Å². The van der Waals surface area contributed by atoms with Gasteiger partial charge < -0.3 is 37.0 Å². The molecule has 2 aliphatic rings. The monoisotopic (exact) mass is 734 g/mol. The van der Waals surface area contributed by atoms with E-state index in [4.69, 9.17) is 12.2 Å². The van der Waals surface area contributed by atoms with Crippen LogP contribution in [0.15, 0.2) is 30.7 Å². The van der Waals surface area contributed by atoms with Crippen molar-refractivity contribution in [2.45, 2.75) is 108 Å². The van der Waals surface area contributed by atoms with E-state index in [0.29, 0.717) is 30.5 Å². The molecule has 2 fully saturated rings. The predicted octanol–water partition coefficient (Wildman–Crippen LogP) is 0.453. The van der Waals surface area contributed by atoms with Crippen LogP contribution in [0.4, 0.5) is 4.79 Å². The topological polar surface area (TPSA) is 244 Å². The molecule has 286 valence electrons. The van der Waals surface area contributed by atoms with Crippen molar-refractivity contribution in [3.63, 3.8) is 0 Å². The number of hydrogen-bond acceptors (Lipinski definition) is 10. The van der Waals surface area contributed by atoms with Gasteiger partial charge in [-0.2, -0.15) is 0 Å². The lowest BCUT2D eigenvalue weighted by atomic mass is 9.84. The number of unbranched alkanes of at least 4 members (excludes halogenated alkanes) is 1. The summed E-state index contributed by atoms with van der Waals surface area (Å²) in [6.07, 6.45) is 15.6. The molecule has 17 nitrogen and oxygen atoms in total. The number of amides is 6. The van der Waals surface area contributed by atoms with Crippen LogP contribution in [0.5, 0.6) is 0 Å². The summed E-state index contributed by atoms with van der Waals surface area (Å²) in [7, 11) is 0. The van der Waals surface area contributed by atoms with Crippen molar-refractivity contribution in [2.75, 3.05) is 19.6 Å². The number of carbonyl (C=O) groups excluding carboxylic acids is 6. The molecule has 1 aliphatic heterocycles. The average molecular weight is 735 g/mol. The number of aromatic nitrogens is 4. The number of ketones is 1. The van der Waals surface area contributed by atoms with Crippen LogP contribution in [0, 0.1) is 18.3 Å². The number of pyridine rings is 1. The maximum atomic E-state index is 14.6. The third-order valence-corrected chi connectivity index (χ3v) is 9.68. The number of rotatable bonds is 17. The van der Waals surface area contributed by atoms with Crippen molar-refractivity contribution in [3.05, 3.63) is 42.0 Å². The quantitative estimate of drug-likeness (QED) is 0.0745. The van der Waals surface area contributed by atoms with Crippen LogP contribution in [0.25, 0.3) is 0 Å². The van der Waals surface area contributed by atoms with Gasteiger partial charge in [0, 0.05) is 37.5 Å². The fraction of sp³-hybridized carbons (Fsp3) is 0.583. The minimum absolute atomic E-state index is 0.0164. The maximum Gasteiger partial charge on any atom is 0.315 e. The van der Waals surface area contributed by atoms with Gasteiger partial charge in [-0.05, 0) is 57.6 Å². The van der Waals surface area contributed by atoms with Gasteiger partial charge in [0.1, 0.15) is 17.7 Å². The molecule has 2 aromatic heterocycles. The first kappa shape index (κ1) is 40.4. The van der Waals surface area contributed by atoms with Gasteiger partial charge in [-0.3, -0.25) is 29.0 Å². The fourth-order valence-electron chi connectivity index (χ4n) is 6.93. The van der Waals surface area contributed by atoms with Gasteiger partial charge in [0.05, 0.1) is 30.5 Å². The van der Waals surface area contributed by atoms with Gasteiger partial charge in [0.2, 0.25) is 17.6 Å². The van der Waals surface area contributed by atoms with Crippen LogP contribution in [-0.2, 0) is 24.8 Å². The molecule has 6 amide bonds. The molecule has 1 saturated heterocycles. The third-order valence-electron chi connectivity index (χ3n) is 9.68. The van der Waals surface area contributed by atoms with Gasteiger partial charge in [-0.25, -0.2) is 9.48 Å². The summed E-state index contributed by atoms with van der Waals surface area (Å²) in [6.45, 7) is 3.42. The zero-order chi connectivity index (χ0) is 38.5. The van der Waals surface area contributed by atoms with Gasteiger partial charge in [0.25, 0.3) is 11.8 Å². The molecular formula is C36H50N10O7. The van der Waals surface area contributed by atoms with Crippen LogP contribution < -0.4 is 27.0 Å². The van der Waals surface area contributed by atoms with Crippen molar-refractivity contribution < 1.29 is 33.9 Å². The summed E-state index contributed by atoms with van der Waals surface area (Å²) < 4.78 is 1.48. The highest BCUT2D eigenvalue weighted by Gasteiger charge is 2.45. The minimum Gasteiger partial charge on any atom is -0.384 e. The molecule has 0 spiro atoms. The normalized spacial score (nSPS) is 18.6. The Kier molecular flexibility index (Phi) is 14.4. The summed E-state index contributed by atoms with van der Waals surface area (Å²) in [4.78, 5) is 84.2. The SMILES string of the molecule is C#CCNC(=O)NCCCCC(NC(=O)[C@@H]1C[C@H](n2nncc2C(C)(C)O)CN1C(=O)C(CC1CCCCC1)NC(=O)c1ccncc1)C(=O)C(N)=O. The molecule has 0 radical (unpaired) electrons. The Morgan fingerprint density at radius 3 is 2.42 bits per heavy atom. The van der Waals surface area contributed by atoms with Gasteiger partial charge in [-0.15, -0.1) is 11.5 Å². The lowest BCUT2D eigenvalue weighted by molar-refractivity contribution is -0.142. The van der Waals surface area contributed by atoms with Crippen molar-refractivity contribution in [2.24, 2.45) is 11.7 Å². The average Bonchev–Trinajstić information content (AvgIpc) is 3.82. The standard InChI is InChI=1S/C36H50N10O7/c1-4-15-39-35(52)40-16-9-8-12-26(30(47)31(37)48)42-33(50)28-20-25(46-29(21-41-44-46)36(2,3)53)22-45(28)34(51)27(19-23-10-6-5-7-11-23)43-32(49)24-13-17-38-18-14-24/h1,13-14,17-18,21,23,25-28,53H,5-12,15-16,19-20,22H2,2-3H3,(H2,37,48)(H,42,50)(H,43,49)(H2,39,40,52)/t25-,26?,27?,28-/m0/s1. The molecule has 1 saturated carbocycles. The number of primary amides is 1. The molecule has 53 heavy (non-hydrogen) atoms. The highest BCUT2D eigenvalue weighted by Crippen LogP contribution is 2.33. The number of aliphatic hydroxyl groups is 1. The molecule has 3 heterocycles. The minimum atomic E-state index is -1.35. The number of carbonyl (C=O) groups is 6. The Morgan fingerprint density at radius 2 is 1.75 bits per heavy atom. The van der Waals surface area contributed by atoms with Crippen LogP contribution in [0.3, 0.4) is 0 Å². The second kappa shape index (κ2) is 18.9. The van der Waals surface area contributed by atoms with Gasteiger partial charge >= 0.3 is 6.03 Å². The smallest absolute Gasteiger partial charge is 0.315 e. The summed E-state index contributed by atoms with van der Waals surface area (Å²) in [6, 6.07) is -1.41. The molecule has 0 aromatic carbocycles. The van der Waals surface area contributed by atoms with Crippen LogP contribution in [0.2, 0.25) is 0 Å². The number of nitrogens with zero attached hydrogens (tertiary/aromatic N) is 5. The largest absolute Gasteiger partial charge is 0.384 e. The second-order valence-corrected chi connectivity index (χ2v) is 14.1. The first-order chi connectivity index (χ1) is 25.3. The number of hydrogen-bond donors (Lipinski definition) is 6. The Balaban J connectivity index is 1.59. The van der Waals surface area contributed by atoms with Crippen molar-refractivity contribution in [1.82, 2.24) is 46.1 Å². The maximum absolute atomic E-state index is 14.6. The van der Waals surface area contributed by atoms with E-state index in [-0.39, 0.29) is 38.4 Å². The van der Waals surface area contributed by atoms with E-state index in [1.54, 1.807) is 26.0 Å². The fourth-order valence-corrected chi connectivity index (χ4v) is 6.93. The van der Waals surface area contributed by atoms with Crippen molar-refractivity contribution in [1.29, 1.82) is 0 Å². The summed E-state index contributed by atoms with van der Waals surface area (Å²) in [5.74, 6) is -1.43. The number of terminal acetylenes is 1. The predicted molar refractivity (Wildman–Crippen MR) is 191 cm³/mol. The number of Topliss-reactive ketones (excluding diaryl/α,β-unsaturated/α-hetero) is 1. The third kappa shape index (κ3) is 11.3. The molecule has 2 aromatic rings. The highest BCUT2D eigenvalue weighted by molar-refractivity contribution is 6.37. The van der Waals surface area contributed by atoms with E-state index in [2.05, 4.69) is 42.5 Å². The lowest BCUT2D eigenvalue weighted by Crippen LogP contribution is -2.56. The van der Waals surface area contributed by atoms with E-state index >= 15 is 0 Å². The van der Waals surface area contributed by atoms with E-state index in [9.17, 15) is 33.9 Å². The zero-order valence-electron chi connectivity index (χ0n) is 30.3. The first-order valence-corrected chi connectivity index (χ1v) is 18.0. The lowest BCUT2D eigenvalue weighted by Gasteiger charge is -2.32. The molecule has 1 aliphatic carbocycles. The molecule has 0 bridgehead atoms. The molecular weight excluding hydrogens is 684 g/mol. The summed E-state index contributed by atoms with van der Waals surface area (Å²) in [5.41, 5.74) is 4.69. The van der Waals surface area contributed by atoms with Crippen LogP contribution >= 0.6 is 0 Å². The number of likely N-dealkylation sites (tertiary alicyclic amines) is 1. The highest BCUT2D eigenvalue weighted by atomic mass is 16.3. The number of nitrogens with two attached hydrogens (primary N) is 1. The Morgan fingerprint density at radius 1 is 1.04 bits per heavy atom.